The van der Waals surface area contributed by atoms with Crippen LogP contribution in [-0.2, 0) is 19.6 Å². The second kappa shape index (κ2) is 11.4. The highest BCUT2D eigenvalue weighted by Gasteiger charge is 2.12. The summed E-state index contributed by atoms with van der Waals surface area (Å²) in [5.74, 6) is 0.665. The van der Waals surface area contributed by atoms with Crippen molar-refractivity contribution in [3.05, 3.63) is 95.1 Å². The summed E-state index contributed by atoms with van der Waals surface area (Å²) in [6, 6.07) is 18.9. The topological polar surface area (TPSA) is 30.5 Å². The van der Waals surface area contributed by atoms with Crippen LogP contribution < -0.4 is 14.8 Å². The first-order chi connectivity index (χ1) is 13.7. The van der Waals surface area contributed by atoms with E-state index in [2.05, 4.69) is 5.32 Å². The van der Waals surface area contributed by atoms with Gasteiger partial charge in [0.2, 0.25) is 0 Å². The zero-order valence-corrected chi connectivity index (χ0v) is 17.0. The van der Waals surface area contributed by atoms with E-state index in [1.165, 1.54) is 12.1 Å². The highest BCUT2D eigenvalue weighted by molar-refractivity contribution is 5.85. The lowest BCUT2D eigenvalue weighted by molar-refractivity contribution is 0.276. The molecule has 0 aromatic heterocycles. The monoisotopic (exact) mass is 419 g/mol. The van der Waals surface area contributed by atoms with Crippen molar-refractivity contribution in [2.45, 2.75) is 19.6 Å². The van der Waals surface area contributed by atoms with Crippen LogP contribution in [0.1, 0.15) is 16.7 Å². The van der Waals surface area contributed by atoms with E-state index in [9.17, 15) is 8.78 Å². The summed E-state index contributed by atoms with van der Waals surface area (Å²) in [6.45, 7) is 1.25. The van der Waals surface area contributed by atoms with Crippen molar-refractivity contribution in [2.24, 2.45) is 0 Å². The van der Waals surface area contributed by atoms with E-state index in [-0.39, 0.29) is 30.6 Å². The molecule has 3 nitrogen and oxygen atoms in total. The van der Waals surface area contributed by atoms with Gasteiger partial charge in [-0.3, -0.25) is 0 Å². The number of hydrogen-bond donors (Lipinski definition) is 1. The second-order valence-electron chi connectivity index (χ2n) is 6.35. The molecule has 0 heterocycles. The minimum Gasteiger partial charge on any atom is -0.493 e. The van der Waals surface area contributed by atoms with Gasteiger partial charge in [-0.15, -0.1) is 12.4 Å². The van der Waals surface area contributed by atoms with E-state index in [1.807, 2.05) is 18.2 Å². The van der Waals surface area contributed by atoms with Gasteiger partial charge in [0.25, 0.3) is 0 Å². The molecule has 0 fully saturated rings. The Bertz CT molecular complexity index is 921. The average Bonchev–Trinajstić information content (AvgIpc) is 2.72. The van der Waals surface area contributed by atoms with Crippen LogP contribution in [0.4, 0.5) is 8.78 Å². The predicted molar refractivity (Wildman–Crippen MR) is 113 cm³/mol. The quantitative estimate of drug-likeness (QED) is 0.477. The maximum Gasteiger partial charge on any atom is 0.166 e. The third-order valence-corrected chi connectivity index (χ3v) is 4.45. The Kier molecular flexibility index (Phi) is 8.90. The van der Waals surface area contributed by atoms with Crippen molar-refractivity contribution in [2.75, 3.05) is 13.7 Å². The molecule has 29 heavy (non-hydrogen) atoms. The molecule has 0 aliphatic rings. The molecule has 0 spiro atoms. The number of nitrogens with one attached hydrogen (secondary N) is 1. The molecule has 0 saturated heterocycles. The fourth-order valence-electron chi connectivity index (χ4n) is 2.94. The molecular formula is C23H24ClF2NO2. The number of halogens is 3. The zero-order valence-electron chi connectivity index (χ0n) is 16.2. The molecule has 3 rings (SSSR count). The summed E-state index contributed by atoms with van der Waals surface area (Å²) in [5.41, 5.74) is 2.05. The van der Waals surface area contributed by atoms with E-state index in [1.54, 1.807) is 43.5 Å². The first-order valence-corrected chi connectivity index (χ1v) is 9.15. The number of methoxy groups -OCH3 is 1. The van der Waals surface area contributed by atoms with Crippen LogP contribution in [0, 0.1) is 11.6 Å². The smallest absolute Gasteiger partial charge is 0.166 e. The lowest BCUT2D eigenvalue weighted by atomic mass is 10.1. The SMILES string of the molecule is COc1cccc(CNCCc2ccccc2F)c1OCc1ccccc1F.Cl. The maximum atomic E-state index is 13.9. The normalized spacial score (nSPS) is 10.3. The van der Waals surface area contributed by atoms with Gasteiger partial charge in [0.1, 0.15) is 18.2 Å². The Labute approximate surface area is 176 Å². The molecular weight excluding hydrogens is 396 g/mol. The summed E-state index contributed by atoms with van der Waals surface area (Å²) in [7, 11) is 1.57. The van der Waals surface area contributed by atoms with Crippen molar-refractivity contribution >= 4 is 12.4 Å². The van der Waals surface area contributed by atoms with Gasteiger partial charge in [0, 0.05) is 17.7 Å². The third kappa shape index (κ3) is 6.17. The van der Waals surface area contributed by atoms with Crippen LogP contribution in [0.2, 0.25) is 0 Å². The largest absolute Gasteiger partial charge is 0.493 e. The summed E-state index contributed by atoms with van der Waals surface area (Å²) < 4.78 is 38.9. The lowest BCUT2D eigenvalue weighted by Crippen LogP contribution is -2.18. The molecule has 0 amide bonds. The Morgan fingerprint density at radius 2 is 1.41 bits per heavy atom. The van der Waals surface area contributed by atoms with Crippen LogP contribution in [0.25, 0.3) is 0 Å². The highest BCUT2D eigenvalue weighted by atomic mass is 35.5. The van der Waals surface area contributed by atoms with Gasteiger partial charge in [-0.1, -0.05) is 48.5 Å². The molecule has 0 aliphatic heterocycles. The van der Waals surface area contributed by atoms with Crippen LogP contribution in [0.3, 0.4) is 0 Å². The van der Waals surface area contributed by atoms with E-state index >= 15 is 0 Å². The molecule has 0 radical (unpaired) electrons. The Morgan fingerprint density at radius 1 is 0.793 bits per heavy atom. The number of rotatable bonds is 9. The van der Waals surface area contributed by atoms with E-state index < -0.39 is 0 Å². The van der Waals surface area contributed by atoms with Gasteiger partial charge in [-0.25, -0.2) is 8.78 Å². The van der Waals surface area contributed by atoms with Crippen molar-refractivity contribution in [1.29, 1.82) is 0 Å². The molecule has 6 heteroatoms. The lowest BCUT2D eigenvalue weighted by Gasteiger charge is -2.16. The van der Waals surface area contributed by atoms with Gasteiger partial charge in [-0.05, 0) is 36.7 Å². The molecule has 0 atom stereocenters. The number of para-hydroxylation sites is 1. The highest BCUT2D eigenvalue weighted by Crippen LogP contribution is 2.32. The zero-order chi connectivity index (χ0) is 19.8. The van der Waals surface area contributed by atoms with Gasteiger partial charge in [0.15, 0.2) is 11.5 Å². The Morgan fingerprint density at radius 3 is 2.07 bits per heavy atom. The Hall–Kier alpha value is -2.63. The first-order valence-electron chi connectivity index (χ1n) is 9.15. The van der Waals surface area contributed by atoms with Crippen LogP contribution >= 0.6 is 12.4 Å². The third-order valence-electron chi connectivity index (χ3n) is 4.45. The van der Waals surface area contributed by atoms with Gasteiger partial charge >= 0.3 is 0 Å². The summed E-state index contributed by atoms with van der Waals surface area (Å²) >= 11 is 0. The molecule has 3 aromatic rings. The van der Waals surface area contributed by atoms with E-state index in [0.29, 0.717) is 42.1 Å². The molecule has 0 unspecified atom stereocenters. The van der Waals surface area contributed by atoms with Crippen LogP contribution in [0.15, 0.2) is 66.7 Å². The number of hydrogen-bond acceptors (Lipinski definition) is 3. The standard InChI is InChI=1S/C23H23F2NO2.ClH/c1-27-22-12-6-9-18(15-26-14-13-17-7-2-4-10-20(17)24)23(22)28-16-19-8-3-5-11-21(19)25;/h2-12,26H,13-16H2,1H3;1H. The molecule has 0 bridgehead atoms. The Balaban J connectivity index is 0.00000300. The number of ether oxygens (including phenoxy) is 2. The molecule has 0 aliphatic carbocycles. The van der Waals surface area contributed by atoms with E-state index in [4.69, 9.17) is 9.47 Å². The van der Waals surface area contributed by atoms with Gasteiger partial charge in [-0.2, -0.15) is 0 Å². The second-order valence-corrected chi connectivity index (χ2v) is 6.35. The predicted octanol–water partition coefficient (Wildman–Crippen LogP) is 5.31. The fraction of sp³-hybridized carbons (Fsp3) is 0.217. The van der Waals surface area contributed by atoms with Crippen LogP contribution in [0.5, 0.6) is 11.5 Å². The van der Waals surface area contributed by atoms with Crippen molar-refractivity contribution in [3.8, 4) is 11.5 Å². The average molecular weight is 420 g/mol. The van der Waals surface area contributed by atoms with Crippen molar-refractivity contribution < 1.29 is 18.3 Å². The maximum absolute atomic E-state index is 13.9. The minimum absolute atomic E-state index is 0. The number of benzene rings is 3. The molecule has 154 valence electrons. The summed E-state index contributed by atoms with van der Waals surface area (Å²) in [6.07, 6.45) is 0.585. The van der Waals surface area contributed by atoms with E-state index in [0.717, 1.165) is 5.56 Å². The molecule has 1 N–H and O–H groups in total. The minimum atomic E-state index is -0.304. The fourth-order valence-corrected chi connectivity index (χ4v) is 2.94. The van der Waals surface area contributed by atoms with Crippen molar-refractivity contribution in [1.82, 2.24) is 5.32 Å². The summed E-state index contributed by atoms with van der Waals surface area (Å²) in [5, 5.41) is 3.30. The van der Waals surface area contributed by atoms with Gasteiger partial charge < -0.3 is 14.8 Å². The van der Waals surface area contributed by atoms with Crippen molar-refractivity contribution in [3.63, 3.8) is 0 Å². The van der Waals surface area contributed by atoms with Crippen LogP contribution in [-0.4, -0.2) is 13.7 Å². The first kappa shape index (κ1) is 22.7. The molecule has 0 saturated carbocycles. The summed E-state index contributed by atoms with van der Waals surface area (Å²) in [4.78, 5) is 0. The van der Waals surface area contributed by atoms with Gasteiger partial charge in [0.05, 0.1) is 7.11 Å². The molecule has 3 aromatic carbocycles.